The molecule has 0 aromatic carbocycles. The van der Waals surface area contributed by atoms with Gasteiger partial charge >= 0.3 is 6.03 Å². The van der Waals surface area contributed by atoms with Crippen LogP contribution in [-0.2, 0) is 19.4 Å². The number of aromatic nitrogens is 1. The number of rotatable bonds is 4. The first kappa shape index (κ1) is 13.8. The number of aryl methyl sites for hydroxylation is 2. The number of thiazole rings is 1. The number of hydrogen-bond donors (Lipinski definition) is 1. The summed E-state index contributed by atoms with van der Waals surface area (Å²) in [4.78, 5) is 20.4. The van der Waals surface area contributed by atoms with Crippen LogP contribution in [0.1, 0.15) is 41.8 Å². The van der Waals surface area contributed by atoms with Crippen LogP contribution in [0.5, 0.6) is 0 Å². The van der Waals surface area contributed by atoms with E-state index in [4.69, 9.17) is 4.42 Å². The molecule has 22 heavy (non-hydrogen) atoms. The number of amides is 2. The summed E-state index contributed by atoms with van der Waals surface area (Å²) < 4.78 is 5.10. The first-order chi connectivity index (χ1) is 10.8. The number of furan rings is 1. The second-order valence-electron chi connectivity index (χ2n) is 6.02. The number of fused-ring (bicyclic) bond motifs is 1. The molecular formula is C16H19N3O2S. The zero-order valence-electron chi connectivity index (χ0n) is 12.4. The third kappa shape index (κ3) is 2.88. The molecule has 0 radical (unpaired) electrons. The van der Waals surface area contributed by atoms with E-state index in [1.54, 1.807) is 23.9 Å². The number of nitrogens with one attached hydrogen (secondary N) is 1. The Morgan fingerprint density at radius 1 is 1.41 bits per heavy atom. The summed E-state index contributed by atoms with van der Waals surface area (Å²) >= 11 is 1.63. The van der Waals surface area contributed by atoms with Crippen molar-refractivity contribution in [3.05, 3.63) is 34.7 Å². The van der Waals surface area contributed by atoms with Crippen LogP contribution in [0.3, 0.4) is 0 Å². The second kappa shape index (κ2) is 5.76. The van der Waals surface area contributed by atoms with Crippen molar-refractivity contribution in [2.24, 2.45) is 0 Å². The lowest BCUT2D eigenvalue weighted by atomic mass is 10.0. The Labute approximate surface area is 133 Å². The van der Waals surface area contributed by atoms with Crippen LogP contribution in [0.4, 0.5) is 9.93 Å². The molecule has 5 nitrogen and oxygen atoms in total. The Hall–Kier alpha value is -1.82. The van der Waals surface area contributed by atoms with Crippen molar-refractivity contribution in [1.82, 2.24) is 9.88 Å². The Bertz CT molecular complexity index is 637. The maximum absolute atomic E-state index is 12.6. The number of carbonyl (C=O) groups is 1. The van der Waals surface area contributed by atoms with E-state index < -0.39 is 0 Å². The van der Waals surface area contributed by atoms with Crippen molar-refractivity contribution in [2.45, 2.75) is 51.1 Å². The number of urea groups is 1. The molecule has 0 atom stereocenters. The summed E-state index contributed by atoms with van der Waals surface area (Å²) in [5.74, 6) is 0. The first-order valence-electron chi connectivity index (χ1n) is 7.87. The van der Waals surface area contributed by atoms with E-state index in [-0.39, 0.29) is 6.03 Å². The summed E-state index contributed by atoms with van der Waals surface area (Å²) in [7, 11) is 0. The highest BCUT2D eigenvalue weighted by Gasteiger charge is 2.33. The van der Waals surface area contributed by atoms with Gasteiger partial charge in [0.15, 0.2) is 5.13 Å². The Morgan fingerprint density at radius 2 is 2.27 bits per heavy atom. The molecule has 4 rings (SSSR count). The molecule has 1 saturated carbocycles. The lowest BCUT2D eigenvalue weighted by molar-refractivity contribution is 0.206. The van der Waals surface area contributed by atoms with E-state index in [2.05, 4.69) is 10.3 Å². The van der Waals surface area contributed by atoms with Crippen LogP contribution >= 0.6 is 11.3 Å². The smallest absolute Gasteiger partial charge is 0.324 e. The normalized spacial score (nSPS) is 17.1. The molecule has 2 amide bonds. The van der Waals surface area contributed by atoms with E-state index in [1.807, 2.05) is 11.0 Å². The molecule has 0 aliphatic heterocycles. The third-order valence-electron chi connectivity index (χ3n) is 4.24. The Morgan fingerprint density at radius 3 is 3.00 bits per heavy atom. The quantitative estimate of drug-likeness (QED) is 0.933. The SMILES string of the molecule is O=C(Nc1nc2c(s1)CCCC2)N(Cc1ccoc1)C1CC1. The lowest BCUT2D eigenvalue weighted by Gasteiger charge is -2.21. The lowest BCUT2D eigenvalue weighted by Crippen LogP contribution is -2.36. The van der Waals surface area contributed by atoms with Crippen molar-refractivity contribution in [1.29, 1.82) is 0 Å². The van der Waals surface area contributed by atoms with Gasteiger partial charge in [0.2, 0.25) is 0 Å². The summed E-state index contributed by atoms with van der Waals surface area (Å²) in [6.07, 6.45) is 10.1. The molecule has 1 fully saturated rings. The van der Waals surface area contributed by atoms with Gasteiger partial charge in [0, 0.05) is 16.5 Å². The van der Waals surface area contributed by atoms with Crippen molar-refractivity contribution in [3.8, 4) is 0 Å². The maximum atomic E-state index is 12.6. The predicted octanol–water partition coefficient (Wildman–Crippen LogP) is 3.81. The molecule has 0 bridgehead atoms. The van der Waals surface area contributed by atoms with Gasteiger partial charge < -0.3 is 9.32 Å². The van der Waals surface area contributed by atoms with Gasteiger partial charge in [-0.15, -0.1) is 11.3 Å². The van der Waals surface area contributed by atoms with E-state index >= 15 is 0 Å². The Kier molecular flexibility index (Phi) is 3.62. The van der Waals surface area contributed by atoms with E-state index in [1.165, 1.54) is 23.4 Å². The standard InChI is InChI=1S/C16H19N3O2S/c20-16(18-15-17-13-3-1-2-4-14(13)22-15)19(12-5-6-12)9-11-7-8-21-10-11/h7-8,10,12H,1-6,9H2,(H,17,18,20). The van der Waals surface area contributed by atoms with Gasteiger partial charge in [-0.1, -0.05) is 0 Å². The zero-order valence-corrected chi connectivity index (χ0v) is 13.2. The molecule has 0 unspecified atom stereocenters. The molecule has 0 spiro atoms. The van der Waals surface area contributed by atoms with E-state index in [0.717, 1.165) is 36.4 Å². The van der Waals surface area contributed by atoms with Gasteiger partial charge in [0.1, 0.15) is 0 Å². The molecular weight excluding hydrogens is 298 g/mol. The highest BCUT2D eigenvalue weighted by atomic mass is 32.1. The molecule has 2 aliphatic carbocycles. The summed E-state index contributed by atoms with van der Waals surface area (Å²) in [6.45, 7) is 0.595. The van der Waals surface area contributed by atoms with Gasteiger partial charge in [-0.25, -0.2) is 9.78 Å². The molecule has 6 heteroatoms. The summed E-state index contributed by atoms with van der Waals surface area (Å²) in [5, 5.41) is 3.74. The predicted molar refractivity (Wildman–Crippen MR) is 85.0 cm³/mol. The Balaban J connectivity index is 1.46. The van der Waals surface area contributed by atoms with Gasteiger partial charge in [-0.2, -0.15) is 0 Å². The van der Waals surface area contributed by atoms with Crippen LogP contribution in [-0.4, -0.2) is 22.0 Å². The molecule has 0 saturated heterocycles. The number of carbonyl (C=O) groups excluding carboxylic acids is 1. The second-order valence-corrected chi connectivity index (χ2v) is 7.10. The minimum atomic E-state index is -0.0465. The van der Waals surface area contributed by atoms with Crippen molar-refractivity contribution in [2.75, 3.05) is 5.32 Å². The fourth-order valence-corrected chi connectivity index (χ4v) is 3.94. The van der Waals surface area contributed by atoms with E-state index in [9.17, 15) is 4.79 Å². The molecule has 2 heterocycles. The van der Waals surface area contributed by atoms with Gasteiger partial charge in [-0.05, 0) is 44.6 Å². The third-order valence-corrected chi connectivity index (χ3v) is 5.31. The largest absolute Gasteiger partial charge is 0.472 e. The van der Waals surface area contributed by atoms with Crippen molar-refractivity contribution in [3.63, 3.8) is 0 Å². The van der Waals surface area contributed by atoms with Crippen molar-refractivity contribution >= 4 is 22.5 Å². The van der Waals surface area contributed by atoms with Gasteiger partial charge in [-0.3, -0.25) is 5.32 Å². The molecule has 116 valence electrons. The summed E-state index contributed by atoms with van der Waals surface area (Å²) in [6, 6.07) is 2.21. The number of nitrogens with zero attached hydrogens (tertiary/aromatic N) is 2. The molecule has 2 aromatic heterocycles. The minimum Gasteiger partial charge on any atom is -0.472 e. The van der Waals surface area contributed by atoms with Crippen LogP contribution in [0.25, 0.3) is 0 Å². The minimum absolute atomic E-state index is 0.0465. The highest BCUT2D eigenvalue weighted by molar-refractivity contribution is 7.15. The highest BCUT2D eigenvalue weighted by Crippen LogP contribution is 2.32. The van der Waals surface area contributed by atoms with Crippen molar-refractivity contribution < 1.29 is 9.21 Å². The first-order valence-corrected chi connectivity index (χ1v) is 8.68. The van der Waals surface area contributed by atoms with E-state index in [0.29, 0.717) is 12.6 Å². The van der Waals surface area contributed by atoms with Gasteiger partial charge in [0.25, 0.3) is 0 Å². The fraction of sp³-hybridized carbons (Fsp3) is 0.500. The molecule has 2 aliphatic rings. The monoisotopic (exact) mass is 317 g/mol. The zero-order chi connectivity index (χ0) is 14.9. The topological polar surface area (TPSA) is 58.4 Å². The molecule has 1 N–H and O–H groups in total. The summed E-state index contributed by atoms with van der Waals surface area (Å²) in [5.41, 5.74) is 2.21. The molecule has 2 aromatic rings. The fourth-order valence-electron chi connectivity index (χ4n) is 2.90. The maximum Gasteiger partial charge on any atom is 0.324 e. The average molecular weight is 317 g/mol. The van der Waals surface area contributed by atoms with Crippen LogP contribution < -0.4 is 5.32 Å². The average Bonchev–Trinajstić information content (AvgIpc) is 3.07. The van der Waals surface area contributed by atoms with Gasteiger partial charge in [0.05, 0.1) is 24.8 Å². The number of hydrogen-bond acceptors (Lipinski definition) is 4. The van der Waals surface area contributed by atoms with Crippen LogP contribution in [0, 0.1) is 0 Å². The van der Waals surface area contributed by atoms with Crippen LogP contribution in [0.15, 0.2) is 23.0 Å². The van der Waals surface area contributed by atoms with Crippen LogP contribution in [0.2, 0.25) is 0 Å². The number of anilines is 1.